The van der Waals surface area contributed by atoms with Gasteiger partial charge in [0.25, 0.3) is 6.43 Å². The Morgan fingerprint density at radius 3 is 2.50 bits per heavy atom. The molecule has 0 bridgehead atoms. The number of halogens is 5. The molecule has 0 unspecified atom stereocenters. The third kappa shape index (κ3) is 5.86. The van der Waals surface area contributed by atoms with E-state index in [0.717, 1.165) is 6.07 Å². The second-order valence-corrected chi connectivity index (χ2v) is 4.67. The molecule has 2 aromatic rings. The molecule has 0 radical (unpaired) electrons. The number of alkyl halides is 5. The topological polar surface area (TPSA) is 30.8 Å². The highest BCUT2D eigenvalue weighted by Gasteiger charge is 2.31. The van der Waals surface area contributed by atoms with Crippen molar-refractivity contribution in [2.45, 2.75) is 19.4 Å². The van der Waals surface area contributed by atoms with Crippen molar-refractivity contribution in [3.63, 3.8) is 0 Å². The average Bonchev–Trinajstić information content (AvgIpc) is 2.50. The molecular weight excluding hydrogens is 333 g/mol. The highest BCUT2D eigenvalue weighted by molar-refractivity contribution is 5.79. The van der Waals surface area contributed by atoms with Crippen LogP contribution in [0.3, 0.4) is 0 Å². The van der Waals surface area contributed by atoms with Crippen LogP contribution in [0, 0.1) is 0 Å². The molecule has 2 aromatic carbocycles. The molecule has 8 heteroatoms. The Balaban J connectivity index is 1.92. The number of hydrogen-bond donors (Lipinski definition) is 0. The van der Waals surface area contributed by atoms with E-state index in [4.69, 9.17) is 4.84 Å². The molecule has 128 valence electrons. The SMILES string of the molecule is FC(F)c1cccc(C=NOCc2cccc(OC(F)(F)F)c2)c1. The van der Waals surface area contributed by atoms with Gasteiger partial charge in [0.1, 0.15) is 12.4 Å². The minimum Gasteiger partial charge on any atom is -0.406 e. The van der Waals surface area contributed by atoms with Crippen molar-refractivity contribution < 1.29 is 31.5 Å². The molecule has 0 atom stereocenters. The van der Waals surface area contributed by atoms with Crippen molar-refractivity contribution in [1.82, 2.24) is 0 Å². The van der Waals surface area contributed by atoms with Gasteiger partial charge < -0.3 is 9.57 Å². The molecule has 2 rings (SSSR count). The van der Waals surface area contributed by atoms with E-state index < -0.39 is 12.8 Å². The van der Waals surface area contributed by atoms with Gasteiger partial charge in [-0.25, -0.2) is 8.78 Å². The van der Waals surface area contributed by atoms with Crippen LogP contribution in [0.15, 0.2) is 53.7 Å². The highest BCUT2D eigenvalue weighted by atomic mass is 19.4. The van der Waals surface area contributed by atoms with Crippen molar-refractivity contribution in [2.75, 3.05) is 0 Å². The summed E-state index contributed by atoms with van der Waals surface area (Å²) in [6, 6.07) is 10.8. The summed E-state index contributed by atoms with van der Waals surface area (Å²) in [5.74, 6) is -0.364. The van der Waals surface area contributed by atoms with Crippen molar-refractivity contribution in [2.24, 2.45) is 5.16 Å². The van der Waals surface area contributed by atoms with Gasteiger partial charge in [0, 0.05) is 5.56 Å². The molecule has 0 aliphatic carbocycles. The lowest BCUT2D eigenvalue weighted by atomic mass is 10.1. The Morgan fingerprint density at radius 1 is 1.04 bits per heavy atom. The third-order valence-electron chi connectivity index (χ3n) is 2.80. The maximum absolute atomic E-state index is 12.5. The first-order valence-corrected chi connectivity index (χ1v) is 6.71. The molecule has 0 aliphatic rings. The van der Waals surface area contributed by atoms with Crippen LogP contribution in [0.2, 0.25) is 0 Å². The second kappa shape index (κ2) is 7.76. The Bertz CT molecular complexity index is 701. The molecule has 24 heavy (non-hydrogen) atoms. The summed E-state index contributed by atoms with van der Waals surface area (Å²) >= 11 is 0. The molecule has 0 saturated carbocycles. The largest absolute Gasteiger partial charge is 0.573 e. The van der Waals surface area contributed by atoms with Gasteiger partial charge in [-0.1, -0.05) is 35.5 Å². The zero-order valence-corrected chi connectivity index (χ0v) is 12.1. The van der Waals surface area contributed by atoms with Crippen LogP contribution >= 0.6 is 0 Å². The number of ether oxygens (including phenoxy) is 1. The Morgan fingerprint density at radius 2 is 1.79 bits per heavy atom. The van der Waals surface area contributed by atoms with E-state index in [2.05, 4.69) is 9.89 Å². The summed E-state index contributed by atoms with van der Waals surface area (Å²) in [5.41, 5.74) is 0.688. The zero-order chi connectivity index (χ0) is 17.6. The molecule has 0 saturated heterocycles. The number of hydrogen-bond acceptors (Lipinski definition) is 3. The van der Waals surface area contributed by atoms with E-state index in [1.165, 1.54) is 42.6 Å². The van der Waals surface area contributed by atoms with E-state index in [1.807, 2.05) is 0 Å². The Hall–Kier alpha value is -2.64. The number of nitrogens with zero attached hydrogens (tertiary/aromatic N) is 1. The molecule has 0 heterocycles. The lowest BCUT2D eigenvalue weighted by Gasteiger charge is -2.09. The first-order chi connectivity index (χ1) is 11.3. The maximum atomic E-state index is 12.5. The average molecular weight is 345 g/mol. The van der Waals surface area contributed by atoms with E-state index in [-0.39, 0.29) is 17.9 Å². The van der Waals surface area contributed by atoms with Gasteiger partial charge in [-0.05, 0) is 29.3 Å². The number of rotatable bonds is 6. The van der Waals surface area contributed by atoms with Crippen molar-refractivity contribution in [3.8, 4) is 5.75 Å². The summed E-state index contributed by atoms with van der Waals surface area (Å²) in [4.78, 5) is 4.95. The fourth-order valence-corrected chi connectivity index (χ4v) is 1.82. The Kier molecular flexibility index (Phi) is 5.73. The van der Waals surface area contributed by atoms with Crippen LogP contribution in [0.1, 0.15) is 23.1 Å². The fourth-order valence-electron chi connectivity index (χ4n) is 1.82. The van der Waals surface area contributed by atoms with Crippen molar-refractivity contribution in [1.29, 1.82) is 0 Å². The fraction of sp³-hybridized carbons (Fsp3) is 0.188. The standard InChI is InChI=1S/C16H12F5NO2/c17-15(18)13-5-1-3-11(7-13)9-22-23-10-12-4-2-6-14(8-12)24-16(19,20)21/h1-9,15H,10H2. The van der Waals surface area contributed by atoms with Gasteiger partial charge in [-0.2, -0.15) is 0 Å². The van der Waals surface area contributed by atoms with Crippen LogP contribution in [0.4, 0.5) is 22.0 Å². The summed E-state index contributed by atoms with van der Waals surface area (Å²) in [7, 11) is 0. The third-order valence-corrected chi connectivity index (χ3v) is 2.80. The predicted octanol–water partition coefficient (Wildman–Crippen LogP) is 5.07. The molecule has 0 amide bonds. The summed E-state index contributed by atoms with van der Waals surface area (Å²) < 4.78 is 65.3. The normalized spacial score (nSPS) is 11.9. The monoisotopic (exact) mass is 345 g/mol. The van der Waals surface area contributed by atoms with Crippen molar-refractivity contribution >= 4 is 6.21 Å². The first-order valence-electron chi connectivity index (χ1n) is 6.71. The lowest BCUT2D eigenvalue weighted by molar-refractivity contribution is -0.274. The first kappa shape index (κ1) is 17.7. The van der Waals surface area contributed by atoms with E-state index in [0.29, 0.717) is 11.1 Å². The molecule has 0 aromatic heterocycles. The number of oxime groups is 1. The van der Waals surface area contributed by atoms with E-state index in [9.17, 15) is 22.0 Å². The molecule has 0 fully saturated rings. The zero-order valence-electron chi connectivity index (χ0n) is 12.1. The van der Waals surface area contributed by atoms with Gasteiger partial charge in [0.2, 0.25) is 0 Å². The van der Waals surface area contributed by atoms with Crippen LogP contribution in [0.5, 0.6) is 5.75 Å². The summed E-state index contributed by atoms with van der Waals surface area (Å²) in [5, 5.41) is 3.61. The molecule has 3 nitrogen and oxygen atoms in total. The molecule has 0 aliphatic heterocycles. The molecular formula is C16H12F5NO2. The quantitative estimate of drug-likeness (QED) is 0.416. The van der Waals surface area contributed by atoms with Gasteiger partial charge in [0.05, 0.1) is 6.21 Å². The highest BCUT2D eigenvalue weighted by Crippen LogP contribution is 2.23. The Labute approximate surface area is 134 Å². The second-order valence-electron chi connectivity index (χ2n) is 4.67. The minimum absolute atomic E-state index is 0.0971. The summed E-state index contributed by atoms with van der Waals surface area (Å²) in [6.45, 7) is -0.0971. The summed E-state index contributed by atoms with van der Waals surface area (Å²) in [6.07, 6.45) is -6.12. The van der Waals surface area contributed by atoms with Crippen LogP contribution < -0.4 is 4.74 Å². The van der Waals surface area contributed by atoms with Gasteiger partial charge in [0.15, 0.2) is 0 Å². The minimum atomic E-state index is -4.77. The van der Waals surface area contributed by atoms with Crippen LogP contribution in [-0.4, -0.2) is 12.6 Å². The lowest BCUT2D eigenvalue weighted by Crippen LogP contribution is -2.17. The predicted molar refractivity (Wildman–Crippen MR) is 76.9 cm³/mol. The van der Waals surface area contributed by atoms with Crippen LogP contribution in [-0.2, 0) is 11.4 Å². The maximum Gasteiger partial charge on any atom is 0.573 e. The van der Waals surface area contributed by atoms with Gasteiger partial charge in [-0.15, -0.1) is 13.2 Å². The van der Waals surface area contributed by atoms with E-state index >= 15 is 0 Å². The van der Waals surface area contributed by atoms with E-state index in [1.54, 1.807) is 6.07 Å². The number of benzene rings is 2. The van der Waals surface area contributed by atoms with Gasteiger partial charge in [-0.3, -0.25) is 0 Å². The smallest absolute Gasteiger partial charge is 0.406 e. The molecule has 0 N–H and O–H groups in total. The van der Waals surface area contributed by atoms with Crippen molar-refractivity contribution in [3.05, 3.63) is 65.2 Å². The van der Waals surface area contributed by atoms with Crippen LogP contribution in [0.25, 0.3) is 0 Å². The molecule has 0 spiro atoms. The van der Waals surface area contributed by atoms with Gasteiger partial charge >= 0.3 is 6.36 Å².